The first-order valence-corrected chi connectivity index (χ1v) is 4.59. The Balaban J connectivity index is 2.38. The summed E-state index contributed by atoms with van der Waals surface area (Å²) in [7, 11) is 3.07. The summed E-state index contributed by atoms with van der Waals surface area (Å²) in [6.07, 6.45) is 0.118. The fraction of sp³-hybridized carbons (Fsp3) is 0.889. The number of rotatable bonds is 5. The van der Waals surface area contributed by atoms with Crippen molar-refractivity contribution in [2.45, 2.75) is 18.6 Å². The Morgan fingerprint density at radius 3 is 2.64 bits per heavy atom. The van der Waals surface area contributed by atoms with Gasteiger partial charge in [-0.15, -0.1) is 0 Å². The lowest BCUT2D eigenvalue weighted by molar-refractivity contribution is -0.162. The summed E-state index contributed by atoms with van der Waals surface area (Å²) < 4.78 is 15.1. The van der Waals surface area contributed by atoms with E-state index < -0.39 is 5.54 Å². The van der Waals surface area contributed by atoms with Gasteiger partial charge in [0.25, 0.3) is 0 Å². The van der Waals surface area contributed by atoms with Gasteiger partial charge in [0.1, 0.15) is 11.6 Å². The molecule has 0 bridgehead atoms. The van der Waals surface area contributed by atoms with Crippen molar-refractivity contribution in [1.29, 1.82) is 0 Å². The minimum absolute atomic E-state index is 0.118. The average molecular weight is 203 g/mol. The van der Waals surface area contributed by atoms with Crippen LogP contribution in [0.4, 0.5) is 0 Å². The third-order valence-electron chi connectivity index (χ3n) is 2.40. The standard InChI is InChI=1S/C9H17NO4/c1-9(10-2,8(11)12-3)6-14-7-4-13-5-7/h7,10H,4-6H2,1-3H3. The van der Waals surface area contributed by atoms with Gasteiger partial charge in [0.15, 0.2) is 0 Å². The molecule has 1 aliphatic heterocycles. The highest BCUT2D eigenvalue weighted by Gasteiger charge is 2.34. The van der Waals surface area contributed by atoms with E-state index in [-0.39, 0.29) is 12.1 Å². The molecule has 0 amide bonds. The van der Waals surface area contributed by atoms with Gasteiger partial charge in [-0.25, -0.2) is 4.79 Å². The third-order valence-corrected chi connectivity index (χ3v) is 2.40. The molecule has 0 aromatic rings. The maximum absolute atomic E-state index is 11.4. The van der Waals surface area contributed by atoms with Crippen LogP contribution >= 0.6 is 0 Å². The number of carbonyl (C=O) groups is 1. The first kappa shape index (κ1) is 11.4. The van der Waals surface area contributed by atoms with E-state index in [1.165, 1.54) is 7.11 Å². The van der Waals surface area contributed by atoms with Gasteiger partial charge in [0.05, 0.1) is 26.9 Å². The second-order valence-corrected chi connectivity index (χ2v) is 3.54. The van der Waals surface area contributed by atoms with Crippen molar-refractivity contribution >= 4 is 5.97 Å². The molecule has 0 saturated carbocycles. The number of carbonyl (C=O) groups excluding carboxylic acids is 1. The zero-order valence-electron chi connectivity index (χ0n) is 8.83. The van der Waals surface area contributed by atoms with Crippen molar-refractivity contribution < 1.29 is 19.0 Å². The monoisotopic (exact) mass is 203 g/mol. The number of methoxy groups -OCH3 is 1. The third kappa shape index (κ3) is 2.43. The summed E-state index contributed by atoms with van der Waals surface area (Å²) in [4.78, 5) is 11.4. The molecular formula is C9H17NO4. The summed E-state index contributed by atoms with van der Waals surface area (Å²) >= 11 is 0. The summed E-state index contributed by atoms with van der Waals surface area (Å²) in [5.74, 6) is -0.319. The van der Waals surface area contributed by atoms with E-state index in [1.807, 2.05) is 0 Å². The molecule has 1 aliphatic rings. The lowest BCUT2D eigenvalue weighted by Crippen LogP contribution is -2.54. The molecular weight excluding hydrogens is 186 g/mol. The first-order chi connectivity index (χ1) is 6.62. The Bertz CT molecular complexity index is 205. The molecule has 5 nitrogen and oxygen atoms in total. The fourth-order valence-corrected chi connectivity index (χ4v) is 1.05. The Kier molecular flexibility index (Phi) is 3.86. The van der Waals surface area contributed by atoms with E-state index in [2.05, 4.69) is 10.1 Å². The highest BCUT2D eigenvalue weighted by Crippen LogP contribution is 2.11. The van der Waals surface area contributed by atoms with Gasteiger partial charge in [-0.3, -0.25) is 0 Å². The average Bonchev–Trinajstić information content (AvgIpc) is 2.13. The highest BCUT2D eigenvalue weighted by atomic mass is 16.6. The summed E-state index contributed by atoms with van der Waals surface area (Å²) in [5.41, 5.74) is -0.773. The maximum atomic E-state index is 11.4. The van der Waals surface area contributed by atoms with Crippen LogP contribution in [-0.4, -0.2) is 51.6 Å². The number of nitrogens with one attached hydrogen (secondary N) is 1. The zero-order chi connectivity index (χ0) is 10.6. The minimum Gasteiger partial charge on any atom is -0.468 e. The van der Waals surface area contributed by atoms with E-state index in [9.17, 15) is 4.79 Å². The Hall–Kier alpha value is -0.650. The van der Waals surface area contributed by atoms with Crippen LogP contribution < -0.4 is 5.32 Å². The van der Waals surface area contributed by atoms with Crippen LogP contribution in [0.5, 0.6) is 0 Å². The van der Waals surface area contributed by atoms with Crippen molar-refractivity contribution in [2.24, 2.45) is 0 Å². The predicted molar refractivity (Wildman–Crippen MR) is 50.0 cm³/mol. The SMILES string of the molecule is CNC(C)(COC1COC1)C(=O)OC. The van der Waals surface area contributed by atoms with Crippen LogP contribution in [0.25, 0.3) is 0 Å². The Morgan fingerprint density at radius 1 is 1.64 bits per heavy atom. The molecule has 1 fully saturated rings. The molecule has 1 heterocycles. The summed E-state index contributed by atoms with van der Waals surface area (Å²) in [5, 5.41) is 2.89. The van der Waals surface area contributed by atoms with Crippen LogP contribution in [0.1, 0.15) is 6.92 Å². The normalized spacial score (nSPS) is 21.1. The molecule has 0 radical (unpaired) electrons. The van der Waals surface area contributed by atoms with E-state index in [0.29, 0.717) is 19.8 Å². The van der Waals surface area contributed by atoms with E-state index in [4.69, 9.17) is 9.47 Å². The number of hydrogen-bond acceptors (Lipinski definition) is 5. The van der Waals surface area contributed by atoms with Crippen molar-refractivity contribution in [3.05, 3.63) is 0 Å². The molecule has 1 unspecified atom stereocenters. The molecule has 0 aromatic carbocycles. The number of likely N-dealkylation sites (N-methyl/N-ethyl adjacent to an activating group) is 1. The van der Waals surface area contributed by atoms with Gasteiger partial charge in [0, 0.05) is 0 Å². The van der Waals surface area contributed by atoms with Crippen molar-refractivity contribution in [1.82, 2.24) is 5.32 Å². The second-order valence-electron chi connectivity index (χ2n) is 3.54. The minimum atomic E-state index is -0.773. The van der Waals surface area contributed by atoms with Crippen molar-refractivity contribution in [2.75, 3.05) is 34.0 Å². The zero-order valence-corrected chi connectivity index (χ0v) is 8.83. The molecule has 5 heteroatoms. The van der Waals surface area contributed by atoms with Crippen LogP contribution in [-0.2, 0) is 19.0 Å². The number of hydrogen-bond donors (Lipinski definition) is 1. The summed E-state index contributed by atoms with van der Waals surface area (Å²) in [6.45, 7) is 3.27. The van der Waals surface area contributed by atoms with Crippen molar-refractivity contribution in [3.8, 4) is 0 Å². The predicted octanol–water partition coefficient (Wildman–Crippen LogP) is -0.447. The van der Waals surface area contributed by atoms with E-state index in [0.717, 1.165) is 0 Å². The van der Waals surface area contributed by atoms with Crippen LogP contribution in [0, 0.1) is 0 Å². The second kappa shape index (κ2) is 4.72. The Labute approximate surface area is 83.7 Å². The molecule has 0 aliphatic carbocycles. The van der Waals surface area contributed by atoms with Crippen LogP contribution in [0.2, 0.25) is 0 Å². The Morgan fingerprint density at radius 2 is 2.29 bits per heavy atom. The van der Waals surface area contributed by atoms with E-state index >= 15 is 0 Å². The molecule has 1 rings (SSSR count). The fourth-order valence-electron chi connectivity index (χ4n) is 1.05. The van der Waals surface area contributed by atoms with Gasteiger partial charge < -0.3 is 19.5 Å². The smallest absolute Gasteiger partial charge is 0.328 e. The van der Waals surface area contributed by atoms with Gasteiger partial charge in [-0.1, -0.05) is 0 Å². The van der Waals surface area contributed by atoms with Gasteiger partial charge >= 0.3 is 5.97 Å². The maximum Gasteiger partial charge on any atom is 0.328 e. The molecule has 0 spiro atoms. The van der Waals surface area contributed by atoms with Crippen molar-refractivity contribution in [3.63, 3.8) is 0 Å². The lowest BCUT2D eigenvalue weighted by atomic mass is 10.0. The molecule has 1 atom stereocenters. The molecule has 1 saturated heterocycles. The number of esters is 1. The van der Waals surface area contributed by atoms with Gasteiger partial charge in [0.2, 0.25) is 0 Å². The van der Waals surface area contributed by atoms with Gasteiger partial charge in [-0.2, -0.15) is 0 Å². The lowest BCUT2D eigenvalue weighted by Gasteiger charge is -2.31. The molecule has 14 heavy (non-hydrogen) atoms. The number of ether oxygens (including phenoxy) is 3. The molecule has 1 N–H and O–H groups in total. The van der Waals surface area contributed by atoms with Crippen LogP contribution in [0.3, 0.4) is 0 Å². The largest absolute Gasteiger partial charge is 0.468 e. The summed E-state index contributed by atoms with van der Waals surface area (Å²) in [6, 6.07) is 0. The van der Waals surface area contributed by atoms with Crippen LogP contribution in [0.15, 0.2) is 0 Å². The first-order valence-electron chi connectivity index (χ1n) is 4.59. The van der Waals surface area contributed by atoms with E-state index in [1.54, 1.807) is 14.0 Å². The molecule has 0 aromatic heterocycles. The molecule has 82 valence electrons. The highest BCUT2D eigenvalue weighted by molar-refractivity contribution is 5.80. The quantitative estimate of drug-likeness (QED) is 0.613. The topological polar surface area (TPSA) is 56.8 Å². The van der Waals surface area contributed by atoms with Gasteiger partial charge in [-0.05, 0) is 14.0 Å².